The molecular weight excluding hydrogens is 339 g/mol. The third kappa shape index (κ3) is 3.08. The van der Waals surface area contributed by atoms with Crippen LogP contribution in [0.15, 0.2) is 16.7 Å². The van der Waals surface area contributed by atoms with Crippen LogP contribution >= 0.6 is 0 Å². The summed E-state index contributed by atoms with van der Waals surface area (Å²) in [4.78, 5) is 12.2. The Bertz CT molecular complexity index is 808. The predicted molar refractivity (Wildman–Crippen MR) is 81.3 cm³/mol. The van der Waals surface area contributed by atoms with E-state index in [1.807, 2.05) is 0 Å². The molecule has 2 N–H and O–H groups in total. The third-order valence-electron chi connectivity index (χ3n) is 4.51. The van der Waals surface area contributed by atoms with Crippen LogP contribution in [0.2, 0.25) is 0 Å². The van der Waals surface area contributed by atoms with Crippen molar-refractivity contribution in [2.24, 2.45) is 5.92 Å². The topological polar surface area (TPSA) is 85.0 Å². The number of alkyl halides is 3. The van der Waals surface area contributed by atoms with E-state index in [-0.39, 0.29) is 35.7 Å². The van der Waals surface area contributed by atoms with Gasteiger partial charge < -0.3 is 15.2 Å². The number of carbonyl (C=O) groups is 1. The van der Waals surface area contributed by atoms with Crippen molar-refractivity contribution in [3.8, 4) is 0 Å². The minimum atomic E-state index is -4.42. The zero-order valence-electron chi connectivity index (χ0n) is 13.3. The van der Waals surface area contributed by atoms with E-state index in [1.54, 1.807) is 6.92 Å². The quantitative estimate of drug-likeness (QED) is 0.884. The van der Waals surface area contributed by atoms with Gasteiger partial charge in [-0.3, -0.25) is 4.79 Å². The normalized spacial score (nSPS) is 23.0. The van der Waals surface area contributed by atoms with Crippen LogP contribution in [0.25, 0.3) is 0 Å². The molecule has 2 aromatic heterocycles. The van der Waals surface area contributed by atoms with Gasteiger partial charge in [0.15, 0.2) is 17.6 Å². The molecular formula is C15H16F3N5O2. The third-order valence-corrected chi connectivity index (χ3v) is 4.51. The Morgan fingerprint density at radius 3 is 2.76 bits per heavy atom. The Kier molecular flexibility index (Phi) is 3.51. The van der Waals surface area contributed by atoms with Gasteiger partial charge >= 0.3 is 6.18 Å². The summed E-state index contributed by atoms with van der Waals surface area (Å²) in [6.45, 7) is 1.66. The first kappa shape index (κ1) is 16.0. The number of nitrogens with one attached hydrogen (secondary N) is 2. The molecule has 2 atom stereocenters. The van der Waals surface area contributed by atoms with Crippen molar-refractivity contribution in [2.45, 2.75) is 44.4 Å². The van der Waals surface area contributed by atoms with E-state index < -0.39 is 18.1 Å². The van der Waals surface area contributed by atoms with E-state index in [9.17, 15) is 18.0 Å². The molecule has 1 aliphatic carbocycles. The zero-order valence-corrected chi connectivity index (χ0v) is 13.3. The lowest BCUT2D eigenvalue weighted by atomic mass is 10.0. The van der Waals surface area contributed by atoms with Gasteiger partial charge in [-0.25, -0.2) is 4.68 Å². The molecule has 1 saturated carbocycles. The summed E-state index contributed by atoms with van der Waals surface area (Å²) in [5.74, 6) is 0.520. The SMILES string of the molecule is Cc1cc(NC(=O)c2cc3n(n2)[C@H](C(F)(F)F)C[C@@H](C2CC2)N3)no1. The van der Waals surface area contributed by atoms with Crippen molar-refractivity contribution in [1.82, 2.24) is 14.9 Å². The van der Waals surface area contributed by atoms with Crippen molar-refractivity contribution in [2.75, 3.05) is 10.6 Å². The molecule has 1 fully saturated rings. The Morgan fingerprint density at radius 2 is 2.16 bits per heavy atom. The van der Waals surface area contributed by atoms with Gasteiger partial charge in [-0.15, -0.1) is 0 Å². The highest BCUT2D eigenvalue weighted by Gasteiger charge is 2.49. The highest BCUT2D eigenvalue weighted by atomic mass is 19.4. The molecule has 1 amide bonds. The zero-order chi connectivity index (χ0) is 17.8. The van der Waals surface area contributed by atoms with Crippen molar-refractivity contribution in [1.29, 1.82) is 0 Å². The number of carbonyl (C=O) groups excluding carboxylic acids is 1. The minimum absolute atomic E-state index is 0.0770. The predicted octanol–water partition coefficient (Wildman–Crippen LogP) is 3.13. The summed E-state index contributed by atoms with van der Waals surface area (Å²) in [6.07, 6.45) is -2.65. The number of amides is 1. The van der Waals surface area contributed by atoms with Crippen molar-refractivity contribution >= 4 is 17.5 Å². The van der Waals surface area contributed by atoms with Crippen LogP contribution in [0.1, 0.15) is 41.6 Å². The number of nitrogens with zero attached hydrogens (tertiary/aromatic N) is 3. The maximum Gasteiger partial charge on any atom is 0.410 e. The first-order chi connectivity index (χ1) is 11.8. The second-order valence-electron chi connectivity index (χ2n) is 6.52. The van der Waals surface area contributed by atoms with Crippen LogP contribution < -0.4 is 10.6 Å². The van der Waals surface area contributed by atoms with Crippen LogP contribution in [0.5, 0.6) is 0 Å². The molecule has 25 heavy (non-hydrogen) atoms. The number of fused-ring (bicyclic) bond motifs is 1. The monoisotopic (exact) mass is 355 g/mol. The van der Waals surface area contributed by atoms with Crippen molar-refractivity contribution < 1.29 is 22.5 Å². The Hall–Kier alpha value is -2.52. The van der Waals surface area contributed by atoms with Crippen LogP contribution in [0.3, 0.4) is 0 Å². The average molecular weight is 355 g/mol. The summed E-state index contributed by atoms with van der Waals surface area (Å²) in [5, 5.41) is 13.1. The van der Waals surface area contributed by atoms with E-state index in [2.05, 4.69) is 20.9 Å². The summed E-state index contributed by atoms with van der Waals surface area (Å²) in [6, 6.07) is 0.874. The fraction of sp³-hybridized carbons (Fsp3) is 0.533. The van der Waals surface area contributed by atoms with Gasteiger partial charge in [-0.05, 0) is 32.1 Å². The Morgan fingerprint density at radius 1 is 1.40 bits per heavy atom. The second kappa shape index (κ2) is 5.50. The molecule has 10 heteroatoms. The Labute approximate surface area is 140 Å². The summed E-state index contributed by atoms with van der Waals surface area (Å²) < 4.78 is 46.0. The van der Waals surface area contributed by atoms with Gasteiger partial charge in [0.2, 0.25) is 0 Å². The second-order valence-corrected chi connectivity index (χ2v) is 6.52. The largest absolute Gasteiger partial charge is 0.410 e. The van der Waals surface area contributed by atoms with Gasteiger partial charge in [0.25, 0.3) is 5.91 Å². The van der Waals surface area contributed by atoms with E-state index in [1.165, 1.54) is 12.1 Å². The van der Waals surface area contributed by atoms with Crippen LogP contribution in [-0.2, 0) is 0 Å². The number of aromatic nitrogens is 3. The molecule has 4 rings (SSSR count). The number of anilines is 2. The van der Waals surface area contributed by atoms with Crippen molar-refractivity contribution in [3.63, 3.8) is 0 Å². The first-order valence-electron chi connectivity index (χ1n) is 7.99. The smallest absolute Gasteiger partial charge is 0.367 e. The number of halogens is 3. The molecule has 1 aliphatic heterocycles. The lowest BCUT2D eigenvalue weighted by molar-refractivity contribution is -0.174. The van der Waals surface area contributed by atoms with Gasteiger partial charge in [0.05, 0.1) is 0 Å². The molecule has 134 valence electrons. The molecule has 0 spiro atoms. The molecule has 2 aromatic rings. The Balaban J connectivity index is 1.61. The van der Waals surface area contributed by atoms with Crippen LogP contribution in [0, 0.1) is 12.8 Å². The molecule has 7 nitrogen and oxygen atoms in total. The lowest BCUT2D eigenvalue weighted by Crippen LogP contribution is -2.40. The van der Waals surface area contributed by atoms with E-state index in [4.69, 9.17) is 4.52 Å². The standard InChI is InChI=1S/C15H16F3N5O2/c1-7-4-12(22-25-7)20-14(24)10-6-13-19-9(8-2-3-8)5-11(15(16,17)18)23(13)21-10/h4,6,8-9,11,19H,2-3,5H2,1H3,(H,20,22,24)/t9-,11-/m0/s1. The number of hydrogen-bond acceptors (Lipinski definition) is 5. The van der Waals surface area contributed by atoms with E-state index in [0.717, 1.165) is 17.5 Å². The average Bonchev–Trinajstić information content (AvgIpc) is 3.17. The highest BCUT2D eigenvalue weighted by molar-refractivity contribution is 6.02. The fourth-order valence-corrected chi connectivity index (χ4v) is 3.13. The number of rotatable bonds is 3. The molecule has 0 bridgehead atoms. The summed E-state index contributed by atoms with van der Waals surface area (Å²) in [7, 11) is 0. The fourth-order valence-electron chi connectivity index (χ4n) is 3.13. The first-order valence-corrected chi connectivity index (χ1v) is 7.99. The van der Waals surface area contributed by atoms with E-state index in [0.29, 0.717) is 5.76 Å². The summed E-state index contributed by atoms with van der Waals surface area (Å²) in [5.41, 5.74) is -0.103. The van der Waals surface area contributed by atoms with E-state index >= 15 is 0 Å². The minimum Gasteiger partial charge on any atom is -0.367 e. The van der Waals surface area contributed by atoms with Gasteiger partial charge in [-0.1, -0.05) is 5.16 Å². The molecule has 0 saturated heterocycles. The van der Waals surface area contributed by atoms with Crippen LogP contribution in [0.4, 0.5) is 24.8 Å². The van der Waals surface area contributed by atoms with Gasteiger partial charge in [0.1, 0.15) is 11.6 Å². The van der Waals surface area contributed by atoms with Gasteiger partial charge in [0, 0.05) is 18.2 Å². The lowest BCUT2D eigenvalue weighted by Gasteiger charge is -2.33. The molecule has 0 aromatic carbocycles. The van der Waals surface area contributed by atoms with Gasteiger partial charge in [-0.2, -0.15) is 18.3 Å². The molecule has 0 unspecified atom stereocenters. The van der Waals surface area contributed by atoms with Crippen molar-refractivity contribution in [3.05, 3.63) is 23.6 Å². The number of aryl methyl sites for hydroxylation is 1. The van der Waals surface area contributed by atoms with Crippen LogP contribution in [-0.4, -0.2) is 33.1 Å². The highest BCUT2D eigenvalue weighted by Crippen LogP contribution is 2.45. The maximum atomic E-state index is 13.4. The number of hydrogen-bond donors (Lipinski definition) is 2. The molecule has 3 heterocycles. The molecule has 0 radical (unpaired) electrons. The molecule has 2 aliphatic rings. The maximum absolute atomic E-state index is 13.4. The summed E-state index contributed by atoms with van der Waals surface area (Å²) >= 11 is 0.